The lowest BCUT2D eigenvalue weighted by Gasteiger charge is -2.36. The molecule has 0 radical (unpaired) electrons. The Labute approximate surface area is 134 Å². The summed E-state index contributed by atoms with van der Waals surface area (Å²) in [6.07, 6.45) is 2.14. The molecule has 1 aliphatic rings. The minimum atomic E-state index is 0.0916. The van der Waals surface area contributed by atoms with Crippen molar-refractivity contribution in [1.29, 1.82) is 0 Å². The molecule has 2 atom stereocenters. The molecule has 0 unspecified atom stereocenters. The molecule has 1 fully saturated rings. The lowest BCUT2D eigenvalue weighted by molar-refractivity contribution is 0.0588. The van der Waals surface area contributed by atoms with Gasteiger partial charge in [0.25, 0.3) is 10.7 Å². The van der Waals surface area contributed by atoms with Crippen LogP contribution < -0.4 is 0 Å². The molecule has 22 heavy (non-hydrogen) atoms. The third-order valence-electron chi connectivity index (χ3n) is 4.22. The highest BCUT2D eigenvalue weighted by Gasteiger charge is 2.27. The monoisotopic (exact) mass is 317 g/mol. The Bertz CT molecular complexity index is 719. The quantitative estimate of drug-likeness (QED) is 0.859. The second kappa shape index (κ2) is 6.04. The molecule has 5 nitrogen and oxygen atoms in total. The smallest absolute Gasteiger partial charge is 0.284 e. The zero-order chi connectivity index (χ0) is 15.7. The molecule has 0 bridgehead atoms. The summed E-state index contributed by atoms with van der Waals surface area (Å²) in [4.78, 5) is 14.8. The molecular formula is C16H19N3O2S. The molecule has 2 aromatic rings. The van der Waals surface area contributed by atoms with E-state index in [-0.39, 0.29) is 10.7 Å². The van der Waals surface area contributed by atoms with Gasteiger partial charge in [-0.1, -0.05) is 6.92 Å². The summed E-state index contributed by atoms with van der Waals surface area (Å²) < 4.78 is 5.27. The summed E-state index contributed by atoms with van der Waals surface area (Å²) in [7, 11) is 0. The average molecular weight is 317 g/mol. The summed E-state index contributed by atoms with van der Waals surface area (Å²) in [6, 6.07) is 7.59. The SMILES string of the molecule is C[C@H]1CCN(C(=O)c2ccc(-c3n[nH]c(=S)o3)cc2)[C@H](C)C1. The minimum Gasteiger partial charge on any atom is -0.409 e. The fraction of sp³-hybridized carbons (Fsp3) is 0.438. The first-order valence-corrected chi connectivity index (χ1v) is 7.92. The number of benzene rings is 1. The van der Waals surface area contributed by atoms with Crippen molar-refractivity contribution < 1.29 is 9.21 Å². The molecule has 1 N–H and O–H groups in total. The molecule has 0 aliphatic carbocycles. The zero-order valence-electron chi connectivity index (χ0n) is 12.7. The van der Waals surface area contributed by atoms with E-state index in [0.717, 1.165) is 24.9 Å². The summed E-state index contributed by atoms with van der Waals surface area (Å²) in [6.45, 7) is 5.19. The van der Waals surface area contributed by atoms with Crippen LogP contribution >= 0.6 is 12.2 Å². The molecule has 116 valence electrons. The van der Waals surface area contributed by atoms with Gasteiger partial charge in [0.2, 0.25) is 5.89 Å². The molecule has 6 heteroatoms. The number of carbonyl (C=O) groups is 1. The van der Waals surface area contributed by atoms with Crippen LogP contribution in [-0.2, 0) is 0 Å². The summed E-state index contributed by atoms with van der Waals surface area (Å²) in [5, 5.41) is 6.57. The van der Waals surface area contributed by atoms with Gasteiger partial charge >= 0.3 is 0 Å². The van der Waals surface area contributed by atoms with Crippen LogP contribution in [0.2, 0.25) is 0 Å². The van der Waals surface area contributed by atoms with Crippen molar-refractivity contribution in [1.82, 2.24) is 15.1 Å². The van der Waals surface area contributed by atoms with E-state index in [9.17, 15) is 4.79 Å². The number of nitrogens with one attached hydrogen (secondary N) is 1. The molecule has 1 aliphatic heterocycles. The van der Waals surface area contributed by atoms with Crippen molar-refractivity contribution in [3.8, 4) is 11.5 Å². The van der Waals surface area contributed by atoms with Crippen LogP contribution in [0.5, 0.6) is 0 Å². The van der Waals surface area contributed by atoms with E-state index in [2.05, 4.69) is 24.0 Å². The molecule has 0 spiro atoms. The fourth-order valence-corrected chi connectivity index (χ4v) is 3.11. The Balaban J connectivity index is 1.78. The van der Waals surface area contributed by atoms with E-state index in [0.29, 0.717) is 23.4 Å². The van der Waals surface area contributed by atoms with E-state index in [1.807, 2.05) is 29.2 Å². The van der Waals surface area contributed by atoms with Crippen molar-refractivity contribution in [3.05, 3.63) is 34.7 Å². The van der Waals surface area contributed by atoms with Crippen LogP contribution in [0.3, 0.4) is 0 Å². The van der Waals surface area contributed by atoms with Crippen LogP contribution in [0.25, 0.3) is 11.5 Å². The number of carbonyl (C=O) groups excluding carboxylic acids is 1. The number of H-pyrrole nitrogens is 1. The fourth-order valence-electron chi connectivity index (χ4n) is 2.98. The van der Waals surface area contributed by atoms with Crippen LogP contribution in [0.15, 0.2) is 28.7 Å². The van der Waals surface area contributed by atoms with Gasteiger partial charge in [0.05, 0.1) is 0 Å². The van der Waals surface area contributed by atoms with Gasteiger partial charge in [-0.3, -0.25) is 4.79 Å². The van der Waals surface area contributed by atoms with Gasteiger partial charge in [-0.05, 0) is 62.2 Å². The van der Waals surface area contributed by atoms with E-state index in [4.69, 9.17) is 16.6 Å². The lowest BCUT2D eigenvalue weighted by atomic mass is 9.93. The second-order valence-corrected chi connectivity index (χ2v) is 6.34. The maximum Gasteiger partial charge on any atom is 0.284 e. The first kappa shape index (κ1) is 15.0. The highest BCUT2D eigenvalue weighted by atomic mass is 32.1. The van der Waals surface area contributed by atoms with Crippen molar-refractivity contribution in [2.75, 3.05) is 6.54 Å². The van der Waals surface area contributed by atoms with E-state index in [1.54, 1.807) is 0 Å². The van der Waals surface area contributed by atoms with Crippen LogP contribution in [-0.4, -0.2) is 33.6 Å². The van der Waals surface area contributed by atoms with Gasteiger partial charge in [0.15, 0.2) is 0 Å². The number of amides is 1. The number of aromatic nitrogens is 2. The number of piperidine rings is 1. The first-order valence-electron chi connectivity index (χ1n) is 7.51. The number of aromatic amines is 1. The van der Waals surface area contributed by atoms with Crippen molar-refractivity contribution in [2.24, 2.45) is 5.92 Å². The van der Waals surface area contributed by atoms with Crippen LogP contribution in [0, 0.1) is 10.8 Å². The predicted octanol–water partition coefficient (Wildman–Crippen LogP) is 3.66. The van der Waals surface area contributed by atoms with Crippen molar-refractivity contribution in [2.45, 2.75) is 32.7 Å². The summed E-state index contributed by atoms with van der Waals surface area (Å²) in [5.74, 6) is 1.22. The number of hydrogen-bond acceptors (Lipinski definition) is 4. The van der Waals surface area contributed by atoms with Crippen molar-refractivity contribution in [3.63, 3.8) is 0 Å². The number of hydrogen-bond donors (Lipinski definition) is 1. The highest BCUT2D eigenvalue weighted by molar-refractivity contribution is 7.71. The Morgan fingerprint density at radius 3 is 2.68 bits per heavy atom. The maximum atomic E-state index is 12.6. The lowest BCUT2D eigenvalue weighted by Crippen LogP contribution is -2.44. The second-order valence-electron chi connectivity index (χ2n) is 5.97. The van der Waals surface area contributed by atoms with E-state index in [1.165, 1.54) is 0 Å². The van der Waals surface area contributed by atoms with Crippen molar-refractivity contribution >= 4 is 18.1 Å². The van der Waals surface area contributed by atoms with Gasteiger partial charge in [-0.15, -0.1) is 5.10 Å². The maximum absolute atomic E-state index is 12.6. The van der Waals surface area contributed by atoms with Gasteiger partial charge in [-0.2, -0.15) is 0 Å². The van der Waals surface area contributed by atoms with Crippen LogP contribution in [0.4, 0.5) is 0 Å². The molecular weight excluding hydrogens is 298 g/mol. The van der Waals surface area contributed by atoms with Gasteiger partial charge in [0.1, 0.15) is 0 Å². The molecule has 1 amide bonds. The number of rotatable bonds is 2. The van der Waals surface area contributed by atoms with E-state index >= 15 is 0 Å². The van der Waals surface area contributed by atoms with E-state index < -0.39 is 0 Å². The van der Waals surface area contributed by atoms with Gasteiger partial charge in [0, 0.05) is 23.7 Å². The third kappa shape index (κ3) is 2.97. The molecule has 3 rings (SSSR count). The Morgan fingerprint density at radius 2 is 2.09 bits per heavy atom. The third-order valence-corrected chi connectivity index (χ3v) is 4.39. The molecule has 1 aromatic carbocycles. The summed E-state index contributed by atoms with van der Waals surface area (Å²) in [5.41, 5.74) is 1.49. The Kier molecular flexibility index (Phi) is 4.11. The number of likely N-dealkylation sites (tertiary alicyclic amines) is 1. The largest absolute Gasteiger partial charge is 0.409 e. The zero-order valence-corrected chi connectivity index (χ0v) is 13.5. The highest BCUT2D eigenvalue weighted by Crippen LogP contribution is 2.24. The Hall–Kier alpha value is -1.95. The topological polar surface area (TPSA) is 62.1 Å². The summed E-state index contributed by atoms with van der Waals surface area (Å²) >= 11 is 4.86. The first-order chi connectivity index (χ1) is 10.5. The van der Waals surface area contributed by atoms with Gasteiger partial charge in [-0.25, -0.2) is 5.10 Å². The van der Waals surface area contributed by atoms with Crippen LogP contribution in [0.1, 0.15) is 37.0 Å². The molecule has 0 saturated carbocycles. The Morgan fingerprint density at radius 1 is 1.36 bits per heavy atom. The molecule has 2 heterocycles. The molecule has 1 saturated heterocycles. The van der Waals surface area contributed by atoms with Gasteiger partial charge < -0.3 is 9.32 Å². The normalized spacial score (nSPS) is 21.8. The standard InChI is InChI=1S/C16H19N3O2S/c1-10-7-8-19(11(2)9-10)15(20)13-5-3-12(4-6-13)14-17-18-16(22)21-14/h3-6,10-11H,7-9H2,1-2H3,(H,18,22)/t10-,11+/m0/s1. The average Bonchev–Trinajstić information content (AvgIpc) is 2.93. The molecule has 1 aromatic heterocycles. The predicted molar refractivity (Wildman–Crippen MR) is 86.0 cm³/mol. The number of nitrogens with zero attached hydrogens (tertiary/aromatic N) is 2. The minimum absolute atomic E-state index is 0.0916.